The van der Waals surface area contributed by atoms with Crippen molar-refractivity contribution in [2.24, 2.45) is 0 Å². The second kappa shape index (κ2) is 13.5. The number of rotatable bonds is 13. The monoisotopic (exact) mass is 537 g/mol. The Hall–Kier alpha value is -3.05. The van der Waals surface area contributed by atoms with Crippen molar-refractivity contribution in [1.29, 1.82) is 0 Å². The molecule has 1 heterocycles. The molecule has 204 valence electrons. The highest BCUT2D eigenvalue weighted by atomic mass is 32.2. The van der Waals surface area contributed by atoms with Crippen LogP contribution in [0.1, 0.15) is 37.6 Å². The summed E-state index contributed by atoms with van der Waals surface area (Å²) in [6, 6.07) is 9.39. The molecule has 0 bridgehead atoms. The van der Waals surface area contributed by atoms with Gasteiger partial charge in [-0.1, -0.05) is 0 Å². The zero-order valence-electron chi connectivity index (χ0n) is 21.7. The van der Waals surface area contributed by atoms with Gasteiger partial charge in [0.15, 0.2) is 11.5 Å². The number of carbonyl (C=O) groups is 1. The average molecular weight is 538 g/mol. The van der Waals surface area contributed by atoms with Crippen LogP contribution in [-0.2, 0) is 10.0 Å². The number of nitrogens with zero attached hydrogens (tertiary/aromatic N) is 2. The zero-order chi connectivity index (χ0) is 26.8. The van der Waals surface area contributed by atoms with Gasteiger partial charge in [0.25, 0.3) is 5.91 Å². The number of anilines is 1. The van der Waals surface area contributed by atoms with Crippen LogP contribution in [0.2, 0.25) is 0 Å². The number of halogens is 1. The third-order valence-corrected chi connectivity index (χ3v) is 7.82. The van der Waals surface area contributed by atoms with Crippen LogP contribution in [0.3, 0.4) is 0 Å². The number of sulfonamides is 1. The minimum absolute atomic E-state index is 0.0680. The van der Waals surface area contributed by atoms with E-state index in [4.69, 9.17) is 14.2 Å². The van der Waals surface area contributed by atoms with E-state index in [0.717, 1.165) is 5.69 Å². The lowest BCUT2D eigenvalue weighted by Crippen LogP contribution is -2.49. The first kappa shape index (κ1) is 28.5. The normalized spacial score (nSPS) is 14.3. The van der Waals surface area contributed by atoms with Crippen LogP contribution in [0.5, 0.6) is 17.2 Å². The summed E-state index contributed by atoms with van der Waals surface area (Å²) in [7, 11) is -3.46. The molecule has 37 heavy (non-hydrogen) atoms. The van der Waals surface area contributed by atoms with Crippen LogP contribution in [0, 0.1) is 5.82 Å². The van der Waals surface area contributed by atoms with E-state index in [1.165, 1.54) is 16.4 Å². The number of hydrogen-bond donors (Lipinski definition) is 1. The number of benzene rings is 2. The molecule has 11 heteroatoms. The fourth-order valence-electron chi connectivity index (χ4n) is 4.08. The van der Waals surface area contributed by atoms with Crippen molar-refractivity contribution in [2.45, 2.75) is 27.2 Å². The Kier molecular flexibility index (Phi) is 10.4. The number of hydrogen-bond acceptors (Lipinski definition) is 7. The van der Waals surface area contributed by atoms with Gasteiger partial charge in [0, 0.05) is 44.0 Å². The van der Waals surface area contributed by atoms with E-state index in [1.807, 2.05) is 25.7 Å². The van der Waals surface area contributed by atoms with Gasteiger partial charge in [-0.2, -0.15) is 4.31 Å². The highest BCUT2D eigenvalue weighted by Gasteiger charge is 2.27. The van der Waals surface area contributed by atoms with Gasteiger partial charge < -0.3 is 24.4 Å². The Morgan fingerprint density at radius 1 is 0.919 bits per heavy atom. The molecule has 0 aliphatic carbocycles. The van der Waals surface area contributed by atoms with Crippen molar-refractivity contribution < 1.29 is 31.8 Å². The molecule has 0 radical (unpaired) electrons. The SMILES string of the molecule is CCOc1cc(C(=O)NCCCS(=O)(=O)N2CCN(c3ccc(F)cc3)CC2)cc(OCC)c1OCC. The molecule has 0 unspecified atom stereocenters. The number of amides is 1. The standard InChI is InChI=1S/C26H36FN3O6S/c1-4-34-23-18-20(19-24(35-5-2)25(23)36-6-3)26(31)28-12-7-17-37(32,33)30-15-13-29(14-16-30)22-10-8-21(27)9-11-22/h8-11,18-19H,4-7,12-17H2,1-3H3,(H,28,31). The maximum absolute atomic E-state index is 13.2. The predicted molar refractivity (Wildman–Crippen MR) is 141 cm³/mol. The smallest absolute Gasteiger partial charge is 0.251 e. The van der Waals surface area contributed by atoms with Gasteiger partial charge in [0.05, 0.1) is 25.6 Å². The van der Waals surface area contributed by atoms with Gasteiger partial charge >= 0.3 is 0 Å². The van der Waals surface area contributed by atoms with E-state index >= 15 is 0 Å². The number of ether oxygens (including phenoxy) is 3. The molecule has 1 fully saturated rings. The summed E-state index contributed by atoms with van der Waals surface area (Å²) in [4.78, 5) is 14.8. The van der Waals surface area contributed by atoms with Crippen molar-refractivity contribution in [3.63, 3.8) is 0 Å². The molecule has 0 aromatic heterocycles. The lowest BCUT2D eigenvalue weighted by Gasteiger charge is -2.35. The first-order chi connectivity index (χ1) is 17.8. The largest absolute Gasteiger partial charge is 0.490 e. The van der Waals surface area contributed by atoms with Crippen molar-refractivity contribution in [2.75, 3.05) is 63.2 Å². The molecule has 9 nitrogen and oxygen atoms in total. The third kappa shape index (κ3) is 7.72. The Balaban J connectivity index is 1.52. The fourth-order valence-corrected chi connectivity index (χ4v) is 5.57. The second-order valence-electron chi connectivity index (χ2n) is 8.39. The molecule has 1 N–H and O–H groups in total. The molecule has 0 saturated carbocycles. The summed E-state index contributed by atoms with van der Waals surface area (Å²) in [5.41, 5.74) is 1.21. The molecule has 1 saturated heterocycles. The lowest BCUT2D eigenvalue weighted by atomic mass is 10.1. The summed E-state index contributed by atoms with van der Waals surface area (Å²) in [6.07, 6.45) is 0.278. The van der Waals surface area contributed by atoms with Gasteiger partial charge in [-0.05, 0) is 63.6 Å². The van der Waals surface area contributed by atoms with E-state index in [0.29, 0.717) is 68.8 Å². The first-order valence-electron chi connectivity index (χ1n) is 12.6. The topological polar surface area (TPSA) is 97.4 Å². The van der Waals surface area contributed by atoms with E-state index < -0.39 is 10.0 Å². The quantitative estimate of drug-likeness (QED) is 0.392. The predicted octanol–water partition coefficient (Wildman–Crippen LogP) is 3.29. The molecule has 1 aliphatic heterocycles. The highest BCUT2D eigenvalue weighted by molar-refractivity contribution is 7.89. The van der Waals surface area contributed by atoms with Gasteiger partial charge in [-0.25, -0.2) is 12.8 Å². The summed E-state index contributed by atoms with van der Waals surface area (Å²) in [5.74, 6) is 0.569. The van der Waals surface area contributed by atoms with E-state index in [-0.39, 0.29) is 30.4 Å². The molecule has 0 spiro atoms. The maximum atomic E-state index is 13.2. The van der Waals surface area contributed by atoms with E-state index in [1.54, 1.807) is 24.3 Å². The molecule has 1 aliphatic rings. The van der Waals surface area contributed by atoms with Crippen molar-refractivity contribution in [3.8, 4) is 17.2 Å². The Morgan fingerprint density at radius 2 is 1.49 bits per heavy atom. The Labute approximate surface area is 218 Å². The average Bonchev–Trinajstić information content (AvgIpc) is 2.89. The van der Waals surface area contributed by atoms with Gasteiger partial charge in [-0.15, -0.1) is 0 Å². The van der Waals surface area contributed by atoms with Crippen LogP contribution >= 0.6 is 0 Å². The maximum Gasteiger partial charge on any atom is 0.251 e. The zero-order valence-corrected chi connectivity index (χ0v) is 22.5. The first-order valence-corrected chi connectivity index (χ1v) is 14.2. The van der Waals surface area contributed by atoms with Crippen LogP contribution in [0.4, 0.5) is 10.1 Å². The fraction of sp³-hybridized carbons (Fsp3) is 0.500. The molecule has 2 aromatic carbocycles. The molecule has 1 amide bonds. The van der Waals surface area contributed by atoms with E-state index in [2.05, 4.69) is 5.32 Å². The van der Waals surface area contributed by atoms with E-state index in [9.17, 15) is 17.6 Å². The Bertz CT molecular complexity index is 1110. The Morgan fingerprint density at radius 3 is 2.03 bits per heavy atom. The highest BCUT2D eigenvalue weighted by Crippen LogP contribution is 2.39. The minimum atomic E-state index is -3.46. The summed E-state index contributed by atoms with van der Waals surface area (Å²) in [5, 5.41) is 2.79. The molecule has 2 aromatic rings. The number of piperazine rings is 1. The third-order valence-electron chi connectivity index (χ3n) is 5.86. The van der Waals surface area contributed by atoms with Gasteiger partial charge in [0.1, 0.15) is 5.82 Å². The summed E-state index contributed by atoms with van der Waals surface area (Å²) in [6.45, 7) is 8.73. The van der Waals surface area contributed by atoms with Crippen LogP contribution in [-0.4, -0.2) is 76.9 Å². The van der Waals surface area contributed by atoms with Crippen molar-refractivity contribution >= 4 is 21.6 Å². The number of nitrogens with one attached hydrogen (secondary N) is 1. The second-order valence-corrected chi connectivity index (χ2v) is 10.5. The lowest BCUT2D eigenvalue weighted by molar-refractivity contribution is 0.0952. The van der Waals surface area contributed by atoms with Crippen LogP contribution in [0.15, 0.2) is 36.4 Å². The summed E-state index contributed by atoms with van der Waals surface area (Å²) >= 11 is 0. The minimum Gasteiger partial charge on any atom is -0.490 e. The van der Waals surface area contributed by atoms with Gasteiger partial charge in [0.2, 0.25) is 15.8 Å². The molecule has 3 rings (SSSR count). The van der Waals surface area contributed by atoms with Crippen LogP contribution < -0.4 is 24.4 Å². The van der Waals surface area contributed by atoms with Crippen molar-refractivity contribution in [3.05, 3.63) is 47.8 Å². The molecular formula is C26H36FN3O6S. The van der Waals surface area contributed by atoms with Crippen LogP contribution in [0.25, 0.3) is 0 Å². The van der Waals surface area contributed by atoms with Crippen molar-refractivity contribution in [1.82, 2.24) is 9.62 Å². The summed E-state index contributed by atoms with van der Waals surface area (Å²) < 4.78 is 57.3. The molecular weight excluding hydrogens is 501 g/mol. The number of carbonyl (C=O) groups excluding carboxylic acids is 1. The molecule has 0 atom stereocenters. The van der Waals surface area contributed by atoms with Gasteiger partial charge in [-0.3, -0.25) is 4.79 Å².